The molecule has 10 atom stereocenters. The molecular weight excluding hydrogens is 340 g/mol. The maximum atomic E-state index is 6.35. The topological polar surface area (TPSA) is 36.9 Å². The van der Waals surface area contributed by atoms with Gasteiger partial charge in [0.05, 0.1) is 18.8 Å². The molecule has 0 spiro atoms. The summed E-state index contributed by atoms with van der Waals surface area (Å²) < 4.78 is 25.0. The second-order valence-electron chi connectivity index (χ2n) is 9.21. The minimum atomic E-state index is -0.133. The lowest BCUT2D eigenvalue weighted by atomic mass is 9.78. The fraction of sp³-hybridized carbons (Fsp3) is 1.00. The molecule has 0 radical (unpaired) electrons. The summed E-state index contributed by atoms with van der Waals surface area (Å²) in [5.74, 6) is 2.97. The maximum absolute atomic E-state index is 6.35. The summed E-state index contributed by atoms with van der Waals surface area (Å²) in [7, 11) is 0. The smallest absolute Gasteiger partial charge is 0.160 e. The van der Waals surface area contributed by atoms with Crippen LogP contribution in [0.25, 0.3) is 0 Å². The third kappa shape index (κ3) is 5.46. The molecule has 2 aliphatic rings. The summed E-state index contributed by atoms with van der Waals surface area (Å²) in [6.45, 7) is 19.5. The largest absolute Gasteiger partial charge is 0.352 e. The maximum Gasteiger partial charge on any atom is 0.160 e. The molecule has 27 heavy (non-hydrogen) atoms. The second-order valence-corrected chi connectivity index (χ2v) is 9.21. The fourth-order valence-corrected chi connectivity index (χ4v) is 4.55. The molecule has 0 bridgehead atoms. The standard InChI is InChI=1S/C23H44O4/c1-9-11-12-24-22-18(7)15(4)17(6)21(27-22)13-25-23-19(8)14(3)16(5)20(10-2)26-23/h14-23H,9-13H2,1-8H3/t14-,15-,16-,17-,18?,19?,20?,21?,22+,23+/m0/s1. The lowest BCUT2D eigenvalue weighted by Gasteiger charge is -2.46. The van der Waals surface area contributed by atoms with E-state index in [9.17, 15) is 0 Å². The Morgan fingerprint density at radius 1 is 0.630 bits per heavy atom. The second kappa shape index (κ2) is 10.6. The van der Waals surface area contributed by atoms with Crippen molar-refractivity contribution in [2.24, 2.45) is 35.5 Å². The highest BCUT2D eigenvalue weighted by Crippen LogP contribution is 2.39. The molecule has 0 aromatic heterocycles. The van der Waals surface area contributed by atoms with Gasteiger partial charge in [0.15, 0.2) is 12.6 Å². The molecule has 2 heterocycles. The van der Waals surface area contributed by atoms with Crippen LogP contribution in [-0.2, 0) is 18.9 Å². The molecule has 0 N–H and O–H groups in total. The van der Waals surface area contributed by atoms with Gasteiger partial charge in [-0.3, -0.25) is 0 Å². The number of hydrogen-bond acceptors (Lipinski definition) is 4. The van der Waals surface area contributed by atoms with Crippen molar-refractivity contribution in [3.05, 3.63) is 0 Å². The SMILES string of the molecule is CCCCO[C@@H]1OC(CO[C@@H]2OC(CC)[C@@H](C)[C@H](C)C2C)[C@@H](C)[C@H](C)C1C. The Balaban J connectivity index is 1.94. The molecule has 160 valence electrons. The Labute approximate surface area is 167 Å². The van der Waals surface area contributed by atoms with Crippen molar-refractivity contribution in [1.29, 1.82) is 0 Å². The first kappa shape index (κ1) is 23.1. The molecule has 2 rings (SSSR count). The van der Waals surface area contributed by atoms with Crippen LogP contribution in [0.4, 0.5) is 0 Å². The van der Waals surface area contributed by atoms with Crippen LogP contribution < -0.4 is 0 Å². The first-order valence-corrected chi connectivity index (χ1v) is 11.4. The van der Waals surface area contributed by atoms with Gasteiger partial charge in [-0.15, -0.1) is 0 Å². The van der Waals surface area contributed by atoms with Crippen LogP contribution in [0.15, 0.2) is 0 Å². The number of unbranched alkanes of at least 4 members (excludes halogenated alkanes) is 1. The number of rotatable bonds is 8. The third-order valence-corrected chi connectivity index (χ3v) is 7.57. The van der Waals surface area contributed by atoms with E-state index in [0.717, 1.165) is 25.9 Å². The van der Waals surface area contributed by atoms with Gasteiger partial charge in [-0.1, -0.05) is 61.8 Å². The van der Waals surface area contributed by atoms with E-state index in [2.05, 4.69) is 55.4 Å². The highest BCUT2D eigenvalue weighted by Gasteiger charge is 2.42. The molecule has 4 heteroatoms. The Morgan fingerprint density at radius 2 is 1.15 bits per heavy atom. The average Bonchev–Trinajstić information content (AvgIpc) is 2.66. The molecule has 4 nitrogen and oxygen atoms in total. The van der Waals surface area contributed by atoms with E-state index in [1.807, 2.05) is 0 Å². The average molecular weight is 385 g/mol. The van der Waals surface area contributed by atoms with Crippen molar-refractivity contribution in [1.82, 2.24) is 0 Å². The van der Waals surface area contributed by atoms with Gasteiger partial charge in [-0.25, -0.2) is 0 Å². The Morgan fingerprint density at radius 3 is 1.70 bits per heavy atom. The van der Waals surface area contributed by atoms with Crippen LogP contribution in [0.1, 0.15) is 74.7 Å². The van der Waals surface area contributed by atoms with Gasteiger partial charge in [-0.2, -0.15) is 0 Å². The first-order chi connectivity index (χ1) is 12.8. The van der Waals surface area contributed by atoms with E-state index < -0.39 is 0 Å². The number of hydrogen-bond donors (Lipinski definition) is 0. The Hall–Kier alpha value is -0.160. The van der Waals surface area contributed by atoms with Crippen molar-refractivity contribution in [2.75, 3.05) is 13.2 Å². The summed E-state index contributed by atoms with van der Waals surface area (Å²) in [4.78, 5) is 0. The van der Waals surface area contributed by atoms with Gasteiger partial charge < -0.3 is 18.9 Å². The first-order valence-electron chi connectivity index (χ1n) is 11.4. The minimum Gasteiger partial charge on any atom is -0.352 e. The van der Waals surface area contributed by atoms with Crippen molar-refractivity contribution in [3.8, 4) is 0 Å². The van der Waals surface area contributed by atoms with Crippen LogP contribution in [0.5, 0.6) is 0 Å². The zero-order valence-corrected chi connectivity index (χ0v) is 18.9. The molecule has 2 saturated heterocycles. The molecule has 2 aliphatic heterocycles. The van der Waals surface area contributed by atoms with Crippen LogP contribution in [0, 0.1) is 35.5 Å². The van der Waals surface area contributed by atoms with Gasteiger partial charge in [0.2, 0.25) is 0 Å². The quantitative estimate of drug-likeness (QED) is 0.518. The van der Waals surface area contributed by atoms with Gasteiger partial charge in [0.1, 0.15) is 0 Å². The van der Waals surface area contributed by atoms with E-state index in [-0.39, 0.29) is 24.8 Å². The van der Waals surface area contributed by atoms with Gasteiger partial charge in [-0.05, 0) is 36.5 Å². The van der Waals surface area contributed by atoms with Crippen LogP contribution in [-0.4, -0.2) is 38.0 Å². The molecule has 0 saturated carbocycles. The van der Waals surface area contributed by atoms with E-state index in [4.69, 9.17) is 18.9 Å². The monoisotopic (exact) mass is 384 g/mol. The van der Waals surface area contributed by atoms with Crippen molar-refractivity contribution >= 4 is 0 Å². The summed E-state index contributed by atoms with van der Waals surface area (Å²) in [6.07, 6.45) is 3.36. The molecule has 0 aliphatic carbocycles. The van der Waals surface area contributed by atoms with Crippen LogP contribution in [0.3, 0.4) is 0 Å². The summed E-state index contributed by atoms with van der Waals surface area (Å²) >= 11 is 0. The Kier molecular flexibility index (Phi) is 9.05. The highest BCUT2D eigenvalue weighted by molar-refractivity contribution is 4.85. The van der Waals surface area contributed by atoms with E-state index in [0.29, 0.717) is 42.1 Å². The van der Waals surface area contributed by atoms with Gasteiger partial charge in [0, 0.05) is 18.4 Å². The molecule has 4 unspecified atom stereocenters. The lowest BCUT2D eigenvalue weighted by molar-refractivity contribution is -0.289. The zero-order valence-electron chi connectivity index (χ0n) is 18.9. The Bertz CT molecular complexity index is 427. The normalized spacial score (nSPS) is 45.8. The molecule has 2 fully saturated rings. The molecular formula is C23H44O4. The highest BCUT2D eigenvalue weighted by atomic mass is 16.7. The minimum absolute atomic E-state index is 0.0633. The molecule has 0 amide bonds. The summed E-state index contributed by atoms with van der Waals surface area (Å²) in [6, 6.07) is 0. The molecule has 0 aromatic rings. The third-order valence-electron chi connectivity index (χ3n) is 7.57. The lowest BCUT2D eigenvalue weighted by Crippen LogP contribution is -2.50. The molecule has 0 aromatic carbocycles. The van der Waals surface area contributed by atoms with Crippen molar-refractivity contribution < 1.29 is 18.9 Å². The van der Waals surface area contributed by atoms with Gasteiger partial charge in [0.25, 0.3) is 0 Å². The van der Waals surface area contributed by atoms with E-state index >= 15 is 0 Å². The van der Waals surface area contributed by atoms with E-state index in [1.54, 1.807) is 0 Å². The van der Waals surface area contributed by atoms with Crippen molar-refractivity contribution in [3.63, 3.8) is 0 Å². The summed E-state index contributed by atoms with van der Waals surface area (Å²) in [5, 5.41) is 0. The van der Waals surface area contributed by atoms with Crippen molar-refractivity contribution in [2.45, 2.75) is 99.4 Å². The van der Waals surface area contributed by atoms with E-state index in [1.165, 1.54) is 0 Å². The summed E-state index contributed by atoms with van der Waals surface area (Å²) in [5.41, 5.74) is 0. The van der Waals surface area contributed by atoms with Crippen LogP contribution >= 0.6 is 0 Å². The predicted octanol–water partition coefficient (Wildman–Crippen LogP) is 5.50. The fourth-order valence-electron chi connectivity index (χ4n) is 4.55. The zero-order chi connectivity index (χ0) is 20.1. The van der Waals surface area contributed by atoms with Gasteiger partial charge >= 0.3 is 0 Å². The van der Waals surface area contributed by atoms with Crippen LogP contribution in [0.2, 0.25) is 0 Å². The number of ether oxygens (including phenoxy) is 4. The predicted molar refractivity (Wildman–Crippen MR) is 109 cm³/mol.